The van der Waals surface area contributed by atoms with Gasteiger partial charge >= 0.3 is 5.97 Å². The van der Waals surface area contributed by atoms with Crippen LogP contribution in [0.2, 0.25) is 0 Å². The fourth-order valence-corrected chi connectivity index (χ4v) is 5.46. The highest BCUT2D eigenvalue weighted by Crippen LogP contribution is 2.28. The lowest BCUT2D eigenvalue weighted by Gasteiger charge is -2.25. The van der Waals surface area contributed by atoms with Crippen LogP contribution in [0.5, 0.6) is 0 Å². The van der Waals surface area contributed by atoms with Crippen LogP contribution in [0.3, 0.4) is 0 Å². The second-order valence-electron chi connectivity index (χ2n) is 9.90. The first-order valence-electron chi connectivity index (χ1n) is 12.6. The summed E-state index contributed by atoms with van der Waals surface area (Å²) in [6.45, 7) is 1.57. The number of carbonyl (C=O) groups excluding carboxylic acids is 2. The number of hydrogen-bond donors (Lipinski definition) is 3. The first kappa shape index (κ1) is 24.9. The summed E-state index contributed by atoms with van der Waals surface area (Å²) in [5.74, 6) is -1.21. The van der Waals surface area contributed by atoms with Gasteiger partial charge in [0.05, 0.1) is 18.8 Å². The highest BCUT2D eigenvalue weighted by molar-refractivity contribution is 5.85. The highest BCUT2D eigenvalue weighted by atomic mass is 16.4. The van der Waals surface area contributed by atoms with Gasteiger partial charge in [-0.15, -0.1) is 0 Å². The monoisotopic (exact) mass is 477 g/mol. The quantitative estimate of drug-likeness (QED) is 0.460. The van der Waals surface area contributed by atoms with Gasteiger partial charge in [-0.1, -0.05) is 48.5 Å². The average molecular weight is 478 g/mol. The molecule has 3 atom stereocenters. The minimum absolute atomic E-state index is 0.0864. The lowest BCUT2D eigenvalue weighted by molar-refractivity contribution is -0.142. The minimum Gasteiger partial charge on any atom is -0.481 e. The molecule has 7 heteroatoms. The molecule has 0 radical (unpaired) electrons. The molecule has 186 valence electrons. The molecule has 2 aromatic rings. The molecule has 4 rings (SSSR count). The molecule has 1 saturated heterocycles. The Morgan fingerprint density at radius 2 is 1.83 bits per heavy atom. The predicted molar refractivity (Wildman–Crippen MR) is 134 cm³/mol. The third-order valence-electron chi connectivity index (χ3n) is 7.28. The number of benzene rings is 2. The Morgan fingerprint density at radius 3 is 2.57 bits per heavy atom. The molecule has 1 fully saturated rings. The van der Waals surface area contributed by atoms with Crippen molar-refractivity contribution in [2.75, 3.05) is 19.6 Å². The van der Waals surface area contributed by atoms with Gasteiger partial charge in [0.15, 0.2) is 0 Å². The zero-order valence-electron chi connectivity index (χ0n) is 20.1. The minimum atomic E-state index is -0.967. The molecule has 1 aliphatic carbocycles. The normalized spacial score (nSPS) is 21.2. The highest BCUT2D eigenvalue weighted by Gasteiger charge is 2.40. The predicted octanol–water partition coefficient (Wildman–Crippen LogP) is 2.34. The summed E-state index contributed by atoms with van der Waals surface area (Å²) in [7, 11) is 0. The van der Waals surface area contributed by atoms with Crippen molar-refractivity contribution in [2.45, 2.75) is 51.0 Å². The number of carboxylic acid groups (broad SMARTS) is 1. The molecule has 0 bridgehead atoms. The number of nitrogens with zero attached hydrogens (tertiary/aromatic N) is 1. The van der Waals surface area contributed by atoms with E-state index in [2.05, 4.69) is 29.6 Å². The van der Waals surface area contributed by atoms with Gasteiger partial charge in [0.1, 0.15) is 0 Å². The van der Waals surface area contributed by atoms with Gasteiger partial charge < -0.3 is 21.1 Å². The van der Waals surface area contributed by atoms with Gasteiger partial charge in [-0.3, -0.25) is 14.4 Å². The fraction of sp³-hybridized carbons (Fsp3) is 0.464. The molecule has 1 unspecified atom stereocenters. The van der Waals surface area contributed by atoms with Crippen LogP contribution < -0.4 is 11.1 Å². The summed E-state index contributed by atoms with van der Waals surface area (Å²) in [4.78, 5) is 38.7. The van der Waals surface area contributed by atoms with Gasteiger partial charge in [-0.2, -0.15) is 0 Å². The second kappa shape index (κ2) is 11.5. The van der Waals surface area contributed by atoms with E-state index in [-0.39, 0.29) is 30.7 Å². The maximum atomic E-state index is 12.9. The van der Waals surface area contributed by atoms with E-state index in [1.165, 1.54) is 16.7 Å². The largest absolute Gasteiger partial charge is 0.481 e. The summed E-state index contributed by atoms with van der Waals surface area (Å²) in [6, 6.07) is 16.1. The summed E-state index contributed by atoms with van der Waals surface area (Å²) in [6.07, 6.45) is 4.18. The van der Waals surface area contributed by atoms with Crippen LogP contribution >= 0.6 is 0 Å². The Morgan fingerprint density at radius 1 is 1.06 bits per heavy atom. The van der Waals surface area contributed by atoms with Gasteiger partial charge in [-0.05, 0) is 66.8 Å². The Balaban J connectivity index is 1.32. The van der Waals surface area contributed by atoms with Crippen molar-refractivity contribution in [1.29, 1.82) is 0 Å². The molecule has 0 saturated carbocycles. The SMILES string of the molecule is NCC1Cc2ccc(CC(=O)NC[C@@H]3C[C@@H](CC(=O)O)C(=O)N3CCCc3ccccc3)cc2C1. The number of aryl methyl sites for hydroxylation is 1. The van der Waals surface area contributed by atoms with E-state index in [0.717, 1.165) is 31.2 Å². The van der Waals surface area contributed by atoms with Crippen molar-refractivity contribution in [3.05, 3.63) is 70.8 Å². The van der Waals surface area contributed by atoms with Crippen molar-refractivity contribution in [2.24, 2.45) is 17.6 Å². The van der Waals surface area contributed by atoms with Crippen molar-refractivity contribution in [3.63, 3.8) is 0 Å². The summed E-state index contributed by atoms with van der Waals surface area (Å²) in [5.41, 5.74) is 10.6. The van der Waals surface area contributed by atoms with Crippen LogP contribution in [0, 0.1) is 11.8 Å². The van der Waals surface area contributed by atoms with Gasteiger partial charge in [0, 0.05) is 19.1 Å². The smallest absolute Gasteiger partial charge is 0.304 e. The van der Waals surface area contributed by atoms with E-state index in [1.807, 2.05) is 24.3 Å². The average Bonchev–Trinajstić information content (AvgIpc) is 3.38. The zero-order chi connectivity index (χ0) is 24.8. The molecule has 2 aliphatic rings. The Kier molecular flexibility index (Phi) is 8.18. The first-order valence-corrected chi connectivity index (χ1v) is 12.6. The third kappa shape index (κ3) is 6.48. The summed E-state index contributed by atoms with van der Waals surface area (Å²) < 4.78 is 0. The van der Waals surface area contributed by atoms with Gasteiger partial charge in [-0.25, -0.2) is 0 Å². The lowest BCUT2D eigenvalue weighted by Crippen LogP contribution is -2.42. The Labute approximate surface area is 206 Å². The second-order valence-corrected chi connectivity index (χ2v) is 9.90. The molecule has 1 heterocycles. The lowest BCUT2D eigenvalue weighted by atomic mass is 10.0. The van der Waals surface area contributed by atoms with Crippen LogP contribution in [-0.4, -0.2) is 53.5 Å². The number of nitrogens with one attached hydrogen (secondary N) is 1. The molecule has 2 aromatic carbocycles. The van der Waals surface area contributed by atoms with Gasteiger partial charge in [0.25, 0.3) is 0 Å². The zero-order valence-corrected chi connectivity index (χ0v) is 20.1. The number of nitrogens with two attached hydrogens (primary N) is 1. The number of amides is 2. The summed E-state index contributed by atoms with van der Waals surface area (Å²) in [5, 5.41) is 12.2. The molecule has 0 aromatic heterocycles. The van der Waals surface area contributed by atoms with Crippen LogP contribution in [0.4, 0.5) is 0 Å². The number of likely N-dealkylation sites (tertiary alicyclic amines) is 1. The number of aliphatic carboxylic acids is 1. The van der Waals surface area contributed by atoms with Crippen LogP contribution in [-0.2, 0) is 40.1 Å². The number of fused-ring (bicyclic) bond motifs is 1. The summed E-state index contributed by atoms with van der Waals surface area (Å²) >= 11 is 0. The molecule has 0 spiro atoms. The number of carboxylic acids is 1. The Hall–Kier alpha value is -3.19. The molecule has 2 amide bonds. The number of hydrogen-bond acceptors (Lipinski definition) is 4. The van der Waals surface area contributed by atoms with E-state index in [1.54, 1.807) is 4.90 Å². The molecular formula is C28H35N3O4. The van der Waals surface area contributed by atoms with E-state index in [9.17, 15) is 19.5 Å². The van der Waals surface area contributed by atoms with Crippen molar-refractivity contribution in [3.8, 4) is 0 Å². The van der Waals surface area contributed by atoms with E-state index in [0.29, 0.717) is 32.0 Å². The van der Waals surface area contributed by atoms with Crippen LogP contribution in [0.15, 0.2) is 48.5 Å². The Bertz CT molecular complexity index is 1060. The van der Waals surface area contributed by atoms with Crippen molar-refractivity contribution < 1.29 is 19.5 Å². The molecule has 7 nitrogen and oxygen atoms in total. The molecule has 1 aliphatic heterocycles. The van der Waals surface area contributed by atoms with Crippen molar-refractivity contribution >= 4 is 17.8 Å². The maximum absolute atomic E-state index is 12.9. The van der Waals surface area contributed by atoms with E-state index >= 15 is 0 Å². The molecular weight excluding hydrogens is 442 g/mol. The first-order chi connectivity index (χ1) is 16.9. The van der Waals surface area contributed by atoms with E-state index in [4.69, 9.17) is 5.73 Å². The van der Waals surface area contributed by atoms with Crippen LogP contribution in [0.1, 0.15) is 41.5 Å². The number of carbonyl (C=O) groups is 3. The standard InChI is InChI=1S/C28H35N3O4/c29-17-21-12-22-9-8-20(11-23(22)13-21)14-26(32)30-18-25-15-24(16-27(33)34)28(35)31(25)10-4-7-19-5-2-1-3-6-19/h1-3,5-6,8-9,11,21,24-25H,4,7,10,12-18,29H2,(H,30,32)(H,33,34)/t21?,24-,25-/m0/s1. The topological polar surface area (TPSA) is 113 Å². The molecule has 35 heavy (non-hydrogen) atoms. The third-order valence-corrected chi connectivity index (χ3v) is 7.28. The maximum Gasteiger partial charge on any atom is 0.304 e. The van der Waals surface area contributed by atoms with Crippen LogP contribution in [0.25, 0.3) is 0 Å². The molecule has 4 N–H and O–H groups in total. The van der Waals surface area contributed by atoms with Gasteiger partial charge in [0.2, 0.25) is 11.8 Å². The number of rotatable bonds is 11. The fourth-order valence-electron chi connectivity index (χ4n) is 5.46. The van der Waals surface area contributed by atoms with E-state index < -0.39 is 11.9 Å². The van der Waals surface area contributed by atoms with Crippen molar-refractivity contribution in [1.82, 2.24) is 10.2 Å².